The van der Waals surface area contributed by atoms with E-state index in [1.165, 1.54) is 9.30 Å². The van der Waals surface area contributed by atoms with E-state index in [0.29, 0.717) is 39.5 Å². The number of rotatable bonds is 6. The van der Waals surface area contributed by atoms with Gasteiger partial charge in [0.15, 0.2) is 0 Å². The summed E-state index contributed by atoms with van der Waals surface area (Å²) in [5.74, 6) is 0.820. The van der Waals surface area contributed by atoms with Crippen molar-refractivity contribution in [1.82, 2.24) is 14.3 Å². The molecule has 0 aliphatic carbocycles. The second-order valence-corrected chi connectivity index (χ2v) is 8.25. The third kappa shape index (κ3) is 3.69. The summed E-state index contributed by atoms with van der Waals surface area (Å²) in [5, 5.41) is 3.17. The fraction of sp³-hybridized carbons (Fsp3) is 0.143. The van der Waals surface area contributed by atoms with E-state index in [4.69, 9.17) is 16.6 Å². The van der Waals surface area contributed by atoms with E-state index in [9.17, 15) is 9.59 Å². The van der Waals surface area contributed by atoms with E-state index in [0.717, 1.165) is 17.3 Å². The number of fused-ring (bicyclic) bond motifs is 1. The summed E-state index contributed by atoms with van der Waals surface area (Å²) < 4.78 is 7.27. The average molecular weight is 439 g/mol. The lowest BCUT2D eigenvalue weighted by Gasteiger charge is -2.12. The van der Waals surface area contributed by atoms with Gasteiger partial charge in [-0.25, -0.2) is 4.98 Å². The van der Waals surface area contributed by atoms with Gasteiger partial charge < -0.3 is 9.73 Å². The standard InChI is InChI=1S/C21H18N4O3S2/c1-3-8-25-20(27)16(30-21(25)29)11-15-17(22-12-14-7-5-10-28-14)23-18-13(2)6-4-9-24(18)19(15)26/h3-7,9-11,22H,1,8,12H2,2H3/b16-11-. The molecule has 4 rings (SSSR count). The summed E-state index contributed by atoms with van der Waals surface area (Å²) in [4.78, 5) is 32.5. The number of carbonyl (C=O) groups is 1. The van der Waals surface area contributed by atoms with Gasteiger partial charge in [-0.3, -0.25) is 18.9 Å². The highest BCUT2D eigenvalue weighted by atomic mass is 32.2. The molecule has 0 unspecified atom stereocenters. The van der Waals surface area contributed by atoms with Crippen LogP contribution in [0.5, 0.6) is 0 Å². The summed E-state index contributed by atoms with van der Waals surface area (Å²) in [6, 6.07) is 7.29. The van der Waals surface area contributed by atoms with Crippen LogP contribution in [0.15, 0.2) is 63.5 Å². The SMILES string of the molecule is C=CCN1C(=O)/C(=C/c2c(NCc3ccco3)nc3c(C)cccn3c2=O)SC1=S. The van der Waals surface area contributed by atoms with Crippen LogP contribution in [0.4, 0.5) is 5.82 Å². The van der Waals surface area contributed by atoms with Gasteiger partial charge in [0.2, 0.25) is 0 Å². The number of aryl methyl sites for hydroxylation is 1. The number of hydrogen-bond acceptors (Lipinski definition) is 7. The van der Waals surface area contributed by atoms with E-state index >= 15 is 0 Å². The quantitative estimate of drug-likeness (QED) is 0.358. The molecule has 0 radical (unpaired) electrons. The third-order valence-corrected chi connectivity index (χ3v) is 5.93. The maximum Gasteiger partial charge on any atom is 0.267 e. The van der Waals surface area contributed by atoms with Crippen LogP contribution in [0.1, 0.15) is 16.9 Å². The minimum atomic E-state index is -0.278. The number of carbonyl (C=O) groups excluding carboxylic acids is 1. The Morgan fingerprint density at radius 2 is 2.17 bits per heavy atom. The summed E-state index contributed by atoms with van der Waals surface area (Å²) >= 11 is 6.45. The van der Waals surface area contributed by atoms with Gasteiger partial charge in [-0.05, 0) is 36.8 Å². The second-order valence-electron chi connectivity index (χ2n) is 6.58. The number of hydrogen-bond donors (Lipinski definition) is 1. The average Bonchev–Trinajstić information content (AvgIpc) is 3.34. The van der Waals surface area contributed by atoms with Crippen molar-refractivity contribution in [2.24, 2.45) is 0 Å². The number of nitrogens with zero attached hydrogens (tertiary/aromatic N) is 3. The Morgan fingerprint density at radius 1 is 1.33 bits per heavy atom. The van der Waals surface area contributed by atoms with E-state index < -0.39 is 0 Å². The normalized spacial score (nSPS) is 15.4. The first-order valence-corrected chi connectivity index (χ1v) is 10.4. The van der Waals surface area contributed by atoms with Crippen molar-refractivity contribution in [1.29, 1.82) is 0 Å². The van der Waals surface area contributed by atoms with E-state index in [-0.39, 0.29) is 17.0 Å². The van der Waals surface area contributed by atoms with Gasteiger partial charge in [-0.1, -0.05) is 36.1 Å². The van der Waals surface area contributed by atoms with Gasteiger partial charge in [0.05, 0.1) is 23.3 Å². The Labute approximate surface area is 182 Å². The number of pyridine rings is 1. The molecular formula is C21H18N4O3S2. The highest BCUT2D eigenvalue weighted by Gasteiger charge is 2.31. The largest absolute Gasteiger partial charge is 0.467 e. The highest BCUT2D eigenvalue weighted by Crippen LogP contribution is 2.33. The number of furan rings is 1. The molecule has 3 aromatic rings. The Bertz CT molecular complexity index is 1250. The minimum Gasteiger partial charge on any atom is -0.467 e. The Morgan fingerprint density at radius 3 is 2.90 bits per heavy atom. The fourth-order valence-electron chi connectivity index (χ4n) is 3.08. The van der Waals surface area contributed by atoms with Gasteiger partial charge in [-0.15, -0.1) is 6.58 Å². The lowest BCUT2D eigenvalue weighted by Crippen LogP contribution is -2.28. The van der Waals surface area contributed by atoms with E-state index in [1.807, 2.05) is 19.1 Å². The van der Waals surface area contributed by atoms with Crippen molar-refractivity contribution < 1.29 is 9.21 Å². The van der Waals surface area contributed by atoms with Crippen molar-refractivity contribution in [3.63, 3.8) is 0 Å². The number of aromatic nitrogens is 2. The molecule has 1 saturated heterocycles. The van der Waals surface area contributed by atoms with Crippen molar-refractivity contribution in [3.8, 4) is 0 Å². The molecule has 0 bridgehead atoms. The molecule has 0 atom stereocenters. The minimum absolute atomic E-state index is 0.254. The highest BCUT2D eigenvalue weighted by molar-refractivity contribution is 8.26. The molecule has 7 nitrogen and oxygen atoms in total. The number of amides is 1. The molecule has 0 saturated carbocycles. The molecule has 9 heteroatoms. The smallest absolute Gasteiger partial charge is 0.267 e. The Hall–Kier alpha value is -3.17. The molecule has 1 amide bonds. The van der Waals surface area contributed by atoms with Gasteiger partial charge in [-0.2, -0.15) is 0 Å². The van der Waals surface area contributed by atoms with E-state index in [2.05, 4.69) is 16.9 Å². The molecule has 30 heavy (non-hydrogen) atoms. The number of anilines is 1. The lowest BCUT2D eigenvalue weighted by atomic mass is 10.2. The van der Waals surface area contributed by atoms with Crippen molar-refractivity contribution in [2.75, 3.05) is 11.9 Å². The van der Waals surface area contributed by atoms with Crippen LogP contribution < -0.4 is 10.9 Å². The number of thiocarbonyl (C=S) groups is 1. The van der Waals surface area contributed by atoms with Gasteiger partial charge in [0.25, 0.3) is 11.5 Å². The zero-order valence-corrected chi connectivity index (χ0v) is 17.8. The summed E-state index contributed by atoms with van der Waals surface area (Å²) in [6.07, 6.45) is 6.40. The number of thioether (sulfide) groups is 1. The predicted octanol–water partition coefficient (Wildman–Crippen LogP) is 3.60. The number of nitrogens with one attached hydrogen (secondary N) is 1. The van der Waals surface area contributed by atoms with Crippen LogP contribution in [-0.4, -0.2) is 31.1 Å². The Balaban J connectivity index is 1.83. The molecule has 0 aromatic carbocycles. The molecule has 1 aliphatic heterocycles. The van der Waals surface area contributed by atoms with Crippen LogP contribution in [0, 0.1) is 6.92 Å². The first-order chi connectivity index (χ1) is 14.5. The first-order valence-electron chi connectivity index (χ1n) is 9.14. The van der Waals surface area contributed by atoms with Crippen molar-refractivity contribution in [2.45, 2.75) is 13.5 Å². The molecule has 0 spiro atoms. The first kappa shape index (κ1) is 20.1. The topological polar surface area (TPSA) is 79.8 Å². The summed E-state index contributed by atoms with van der Waals surface area (Å²) in [6.45, 7) is 6.21. The second kappa shape index (κ2) is 8.29. The monoisotopic (exact) mass is 438 g/mol. The molecular weight excluding hydrogens is 420 g/mol. The maximum atomic E-state index is 13.3. The van der Waals surface area contributed by atoms with Crippen LogP contribution in [0.2, 0.25) is 0 Å². The lowest BCUT2D eigenvalue weighted by molar-refractivity contribution is -0.121. The van der Waals surface area contributed by atoms with Crippen LogP contribution in [0.25, 0.3) is 11.7 Å². The third-order valence-electron chi connectivity index (χ3n) is 4.56. The molecule has 4 heterocycles. The zero-order valence-electron chi connectivity index (χ0n) is 16.1. The maximum absolute atomic E-state index is 13.3. The Kier molecular flexibility index (Phi) is 5.56. The summed E-state index contributed by atoms with van der Waals surface area (Å²) in [5.41, 5.74) is 1.41. The molecule has 152 valence electrons. The van der Waals surface area contributed by atoms with Crippen molar-refractivity contribution >= 4 is 51.7 Å². The van der Waals surface area contributed by atoms with Gasteiger partial charge >= 0.3 is 0 Å². The van der Waals surface area contributed by atoms with Crippen LogP contribution in [-0.2, 0) is 11.3 Å². The van der Waals surface area contributed by atoms with Crippen LogP contribution in [0.3, 0.4) is 0 Å². The zero-order chi connectivity index (χ0) is 21.3. The summed E-state index contributed by atoms with van der Waals surface area (Å²) in [7, 11) is 0. The predicted molar refractivity (Wildman–Crippen MR) is 122 cm³/mol. The molecule has 3 aromatic heterocycles. The van der Waals surface area contributed by atoms with Gasteiger partial charge in [0.1, 0.15) is 21.5 Å². The van der Waals surface area contributed by atoms with Crippen LogP contribution >= 0.6 is 24.0 Å². The molecule has 1 aliphatic rings. The fourth-order valence-corrected chi connectivity index (χ4v) is 4.33. The molecule has 1 N–H and O–H groups in total. The molecule has 1 fully saturated rings. The van der Waals surface area contributed by atoms with E-state index in [1.54, 1.807) is 36.7 Å². The van der Waals surface area contributed by atoms with Gasteiger partial charge in [0, 0.05) is 12.7 Å². The van der Waals surface area contributed by atoms with Crippen molar-refractivity contribution in [3.05, 3.63) is 81.5 Å².